The van der Waals surface area contributed by atoms with Gasteiger partial charge >= 0.3 is 0 Å². The van der Waals surface area contributed by atoms with Gasteiger partial charge in [0, 0.05) is 39.4 Å². The maximum Gasteiger partial charge on any atom is 0.164 e. The van der Waals surface area contributed by atoms with Crippen LogP contribution in [0.2, 0.25) is 0 Å². The Bertz CT molecular complexity index is 2400. The van der Waals surface area contributed by atoms with E-state index < -0.39 is 0 Å². The number of nitrogens with zero attached hydrogens (tertiary/aromatic N) is 5. The fourth-order valence-electron chi connectivity index (χ4n) is 10.9. The lowest BCUT2D eigenvalue weighted by Gasteiger charge is -2.60. The Balaban J connectivity index is 1.14. The summed E-state index contributed by atoms with van der Waals surface area (Å²) in [5, 5.41) is 0. The molecule has 0 amide bonds. The van der Waals surface area contributed by atoms with Crippen LogP contribution in [0.25, 0.3) is 62.3 Å². The first-order valence-electron chi connectivity index (χ1n) is 19.1. The third kappa shape index (κ3) is 4.57. The molecule has 0 unspecified atom stereocenters. The molecule has 1 spiro atoms. The Morgan fingerprint density at radius 2 is 1.13 bits per heavy atom. The zero-order valence-electron chi connectivity index (χ0n) is 29.1. The monoisotopic (exact) mass is 673 g/mol. The highest BCUT2D eigenvalue weighted by molar-refractivity contribution is 5.87. The molecule has 0 radical (unpaired) electrons. The summed E-state index contributed by atoms with van der Waals surface area (Å²) < 4.78 is 0. The van der Waals surface area contributed by atoms with Crippen LogP contribution in [0.5, 0.6) is 0 Å². The van der Waals surface area contributed by atoms with E-state index in [1.54, 1.807) is 0 Å². The predicted molar refractivity (Wildman–Crippen MR) is 207 cm³/mol. The molecule has 6 aliphatic rings. The summed E-state index contributed by atoms with van der Waals surface area (Å²) in [6, 6.07) is 36.4. The summed E-state index contributed by atoms with van der Waals surface area (Å²) in [5.74, 6) is 5.67. The van der Waals surface area contributed by atoms with E-state index in [0.717, 1.165) is 58.6 Å². The minimum atomic E-state index is -0.193. The van der Waals surface area contributed by atoms with Gasteiger partial charge in [-0.3, -0.25) is 0 Å². The van der Waals surface area contributed by atoms with Gasteiger partial charge < -0.3 is 0 Å². The van der Waals surface area contributed by atoms with Gasteiger partial charge in [-0.05, 0) is 96.9 Å². The Morgan fingerprint density at radius 1 is 0.519 bits per heavy atom. The van der Waals surface area contributed by atoms with E-state index in [0.29, 0.717) is 23.5 Å². The molecule has 0 N–H and O–H groups in total. The van der Waals surface area contributed by atoms with Gasteiger partial charge in [0.25, 0.3) is 0 Å². The van der Waals surface area contributed by atoms with E-state index in [2.05, 4.69) is 121 Å². The van der Waals surface area contributed by atoms with Crippen LogP contribution < -0.4 is 0 Å². The fourth-order valence-corrected chi connectivity index (χ4v) is 10.9. The van der Waals surface area contributed by atoms with Crippen molar-refractivity contribution in [1.29, 1.82) is 0 Å². The molecule has 4 bridgehead atoms. The van der Waals surface area contributed by atoms with Gasteiger partial charge in [0.1, 0.15) is 0 Å². The number of rotatable bonds is 5. The van der Waals surface area contributed by atoms with E-state index in [9.17, 15) is 0 Å². The first-order valence-corrected chi connectivity index (χ1v) is 19.1. The van der Waals surface area contributed by atoms with Gasteiger partial charge in [-0.25, -0.2) is 24.9 Å². The molecule has 2 aromatic heterocycles. The largest absolute Gasteiger partial charge is 0.236 e. The summed E-state index contributed by atoms with van der Waals surface area (Å²) in [6.45, 7) is 0. The SMILES string of the molecule is C1=CCCC(c2cccc(-c3nc(-c4ccccc4)nc(-c4cccc5c4C4(c6nc(-c7ccccc7)ncc6-5)C5CC6CC(C5)CC4C6)n3)c2)=C1. The lowest BCUT2D eigenvalue weighted by molar-refractivity contribution is -0.0413. The second-order valence-electron chi connectivity index (χ2n) is 15.6. The van der Waals surface area contributed by atoms with Crippen LogP contribution in [0.15, 0.2) is 128 Å². The minimum absolute atomic E-state index is 0.193. The lowest BCUT2D eigenvalue weighted by atomic mass is 9.43. The smallest absolute Gasteiger partial charge is 0.164 e. The quantitative estimate of drug-likeness (QED) is 0.182. The van der Waals surface area contributed by atoms with Gasteiger partial charge in [-0.2, -0.15) is 0 Å². The van der Waals surface area contributed by atoms with Crippen molar-refractivity contribution in [3.8, 4) is 56.7 Å². The zero-order valence-corrected chi connectivity index (χ0v) is 29.1. The van der Waals surface area contributed by atoms with Crippen LogP contribution in [0, 0.1) is 23.7 Å². The van der Waals surface area contributed by atoms with Crippen molar-refractivity contribution in [2.24, 2.45) is 23.7 Å². The van der Waals surface area contributed by atoms with E-state index >= 15 is 0 Å². The van der Waals surface area contributed by atoms with Gasteiger partial charge in [0.05, 0.1) is 5.69 Å². The molecule has 4 saturated carbocycles. The molecule has 0 aliphatic heterocycles. The van der Waals surface area contributed by atoms with Gasteiger partial charge in [0.2, 0.25) is 0 Å². The van der Waals surface area contributed by atoms with Crippen molar-refractivity contribution in [3.63, 3.8) is 0 Å². The molecule has 2 heterocycles. The summed E-state index contributed by atoms with van der Waals surface area (Å²) in [5.41, 5.74) is 11.6. The minimum Gasteiger partial charge on any atom is -0.236 e. The molecule has 12 rings (SSSR count). The summed E-state index contributed by atoms with van der Waals surface area (Å²) in [6.07, 6.45) is 17.3. The molecule has 0 saturated heterocycles. The maximum atomic E-state index is 5.58. The highest BCUT2D eigenvalue weighted by atomic mass is 15.0. The molecule has 52 heavy (non-hydrogen) atoms. The highest BCUT2D eigenvalue weighted by Gasteiger charge is 2.63. The fraction of sp³-hybridized carbons (Fsp3) is 0.255. The molecule has 6 aromatic rings. The highest BCUT2D eigenvalue weighted by Crippen LogP contribution is 2.70. The van der Waals surface area contributed by atoms with Crippen molar-refractivity contribution >= 4 is 5.57 Å². The van der Waals surface area contributed by atoms with E-state index in [1.165, 1.54) is 65.6 Å². The second-order valence-corrected chi connectivity index (χ2v) is 15.6. The first kappa shape index (κ1) is 30.1. The zero-order chi connectivity index (χ0) is 34.2. The average Bonchev–Trinajstić information content (AvgIpc) is 3.51. The summed E-state index contributed by atoms with van der Waals surface area (Å²) >= 11 is 0. The first-order chi connectivity index (χ1) is 25.7. The Labute approximate surface area is 304 Å². The third-order valence-corrected chi connectivity index (χ3v) is 12.8. The summed E-state index contributed by atoms with van der Waals surface area (Å²) in [4.78, 5) is 26.5. The second kappa shape index (κ2) is 11.7. The average molecular weight is 674 g/mol. The number of fused-ring (bicyclic) bond motifs is 3. The lowest BCUT2D eigenvalue weighted by Crippen LogP contribution is -2.55. The van der Waals surface area contributed by atoms with E-state index in [-0.39, 0.29) is 5.41 Å². The Kier molecular flexibility index (Phi) is 6.80. The Hall–Kier alpha value is -5.55. The maximum absolute atomic E-state index is 5.58. The molecule has 4 aromatic carbocycles. The number of hydrogen-bond donors (Lipinski definition) is 0. The molecule has 6 aliphatic carbocycles. The predicted octanol–water partition coefficient (Wildman–Crippen LogP) is 10.8. The van der Waals surface area contributed by atoms with Crippen LogP contribution in [-0.4, -0.2) is 24.9 Å². The van der Waals surface area contributed by atoms with E-state index in [1.807, 2.05) is 6.07 Å². The van der Waals surface area contributed by atoms with Crippen LogP contribution in [0.4, 0.5) is 0 Å². The molecule has 4 fully saturated rings. The van der Waals surface area contributed by atoms with Crippen molar-refractivity contribution in [2.45, 2.75) is 50.4 Å². The van der Waals surface area contributed by atoms with E-state index in [4.69, 9.17) is 24.9 Å². The number of hydrogen-bond acceptors (Lipinski definition) is 5. The van der Waals surface area contributed by atoms with Crippen molar-refractivity contribution in [3.05, 3.63) is 144 Å². The standard InChI is InChI=1S/C47H39N5/c1-4-12-31(13-5-1)34-18-10-19-35(27-34)45-50-44(33-16-8-3-9-17-33)51-46(52-45)39-21-11-20-38-40-28-48-43(32-14-6-2-7-15-32)49-42(40)47(41(38)39)36-23-29-22-30(25-36)26-37(47)24-29/h1-4,6-12,14-21,27-30,36-37H,5,13,22-26H2. The summed E-state index contributed by atoms with van der Waals surface area (Å²) in [7, 11) is 0. The third-order valence-electron chi connectivity index (χ3n) is 12.8. The van der Waals surface area contributed by atoms with Crippen LogP contribution >= 0.6 is 0 Å². The van der Waals surface area contributed by atoms with Crippen LogP contribution in [0.3, 0.4) is 0 Å². The van der Waals surface area contributed by atoms with Crippen LogP contribution in [0.1, 0.15) is 61.8 Å². The number of allylic oxidation sites excluding steroid dienone is 4. The van der Waals surface area contributed by atoms with Gasteiger partial charge in [-0.1, -0.05) is 115 Å². The van der Waals surface area contributed by atoms with Crippen molar-refractivity contribution in [1.82, 2.24) is 24.9 Å². The molecular weight excluding hydrogens is 635 g/mol. The topological polar surface area (TPSA) is 64.5 Å². The molecule has 5 nitrogen and oxygen atoms in total. The normalized spacial score (nSPS) is 24.9. The van der Waals surface area contributed by atoms with Crippen LogP contribution in [-0.2, 0) is 5.41 Å². The number of benzene rings is 4. The Morgan fingerprint density at radius 3 is 1.85 bits per heavy atom. The molecule has 0 atom stereocenters. The van der Waals surface area contributed by atoms with Crippen molar-refractivity contribution < 1.29 is 0 Å². The molecule has 5 heteroatoms. The van der Waals surface area contributed by atoms with Gasteiger partial charge in [0.15, 0.2) is 23.3 Å². The molecular formula is C47H39N5. The molecule has 252 valence electrons. The number of aromatic nitrogens is 5. The van der Waals surface area contributed by atoms with Crippen molar-refractivity contribution in [2.75, 3.05) is 0 Å². The van der Waals surface area contributed by atoms with Gasteiger partial charge in [-0.15, -0.1) is 0 Å².